The number of benzene rings is 1. The zero-order valence-electron chi connectivity index (χ0n) is 12.1. The lowest BCUT2D eigenvalue weighted by atomic mass is 10.2. The molecule has 0 bridgehead atoms. The van der Waals surface area contributed by atoms with Crippen molar-refractivity contribution in [3.05, 3.63) is 23.8 Å². The lowest BCUT2D eigenvalue weighted by molar-refractivity contribution is -0.127. The Morgan fingerprint density at radius 3 is 2.95 bits per heavy atom. The van der Waals surface area contributed by atoms with Gasteiger partial charge in [0.05, 0.1) is 7.11 Å². The fraction of sp³-hybridized carbons (Fsp3) is 0.533. The van der Waals surface area contributed by atoms with Gasteiger partial charge in [-0.1, -0.05) is 6.07 Å². The first-order chi connectivity index (χ1) is 9.60. The highest BCUT2D eigenvalue weighted by Gasteiger charge is 2.21. The van der Waals surface area contributed by atoms with Gasteiger partial charge in [0.1, 0.15) is 0 Å². The minimum atomic E-state index is 0.145. The molecule has 1 atom stereocenters. The number of carbonyl (C=O) groups excluding carboxylic acids is 1. The van der Waals surface area contributed by atoms with E-state index in [1.165, 1.54) is 7.11 Å². The molecule has 0 aliphatic carbocycles. The summed E-state index contributed by atoms with van der Waals surface area (Å²) in [5, 5.41) is 12.9. The third-order valence-corrected chi connectivity index (χ3v) is 3.56. The second-order valence-corrected chi connectivity index (χ2v) is 5.23. The van der Waals surface area contributed by atoms with Crippen molar-refractivity contribution in [1.82, 2.24) is 10.2 Å². The summed E-state index contributed by atoms with van der Waals surface area (Å²) in [6.45, 7) is 4.37. The third-order valence-electron chi connectivity index (χ3n) is 3.56. The van der Waals surface area contributed by atoms with Crippen LogP contribution in [-0.4, -0.2) is 42.2 Å². The van der Waals surface area contributed by atoms with Gasteiger partial charge in [0.2, 0.25) is 5.91 Å². The Morgan fingerprint density at radius 1 is 1.50 bits per heavy atom. The van der Waals surface area contributed by atoms with Crippen LogP contribution in [0.15, 0.2) is 18.2 Å². The van der Waals surface area contributed by atoms with Crippen molar-refractivity contribution in [3.63, 3.8) is 0 Å². The van der Waals surface area contributed by atoms with E-state index >= 15 is 0 Å². The molecule has 2 N–H and O–H groups in total. The first-order valence-electron chi connectivity index (χ1n) is 6.97. The van der Waals surface area contributed by atoms with Gasteiger partial charge in [-0.2, -0.15) is 0 Å². The Labute approximate surface area is 119 Å². The minimum Gasteiger partial charge on any atom is -0.504 e. The summed E-state index contributed by atoms with van der Waals surface area (Å²) in [4.78, 5) is 13.5. The molecule has 0 spiro atoms. The van der Waals surface area contributed by atoms with Crippen molar-refractivity contribution >= 4 is 5.91 Å². The van der Waals surface area contributed by atoms with E-state index in [1.54, 1.807) is 6.07 Å². The van der Waals surface area contributed by atoms with Gasteiger partial charge in [0.15, 0.2) is 11.5 Å². The molecule has 0 aromatic heterocycles. The maximum Gasteiger partial charge on any atom is 0.222 e. The predicted octanol–water partition coefficient (Wildman–Crippen LogP) is 1.50. The van der Waals surface area contributed by atoms with Crippen LogP contribution in [0.4, 0.5) is 0 Å². The predicted molar refractivity (Wildman–Crippen MR) is 76.8 cm³/mol. The van der Waals surface area contributed by atoms with Crippen molar-refractivity contribution in [2.24, 2.45) is 0 Å². The van der Waals surface area contributed by atoms with E-state index in [9.17, 15) is 9.90 Å². The molecule has 1 aliphatic rings. The van der Waals surface area contributed by atoms with E-state index in [-0.39, 0.29) is 17.7 Å². The molecule has 1 amide bonds. The highest BCUT2D eigenvalue weighted by molar-refractivity contribution is 5.78. The molecule has 20 heavy (non-hydrogen) atoms. The number of amides is 1. The first-order valence-corrected chi connectivity index (χ1v) is 6.97. The van der Waals surface area contributed by atoms with E-state index < -0.39 is 0 Å². The maximum absolute atomic E-state index is 11.6. The number of likely N-dealkylation sites (tertiary alicyclic amines) is 1. The summed E-state index contributed by atoms with van der Waals surface area (Å²) in [5.41, 5.74) is 1.04. The fourth-order valence-corrected chi connectivity index (χ4v) is 2.42. The summed E-state index contributed by atoms with van der Waals surface area (Å²) in [6.07, 6.45) is 1.66. The SMILES string of the molecule is COc1cc(CNC(C)CN2CCCC2=O)ccc1O. The average molecular weight is 278 g/mol. The zero-order valence-corrected chi connectivity index (χ0v) is 12.1. The highest BCUT2D eigenvalue weighted by Crippen LogP contribution is 2.26. The van der Waals surface area contributed by atoms with Gasteiger partial charge in [-0.3, -0.25) is 4.79 Å². The second-order valence-electron chi connectivity index (χ2n) is 5.23. The minimum absolute atomic E-state index is 0.145. The Hall–Kier alpha value is -1.75. The molecular formula is C15H22N2O3. The van der Waals surface area contributed by atoms with Crippen molar-refractivity contribution in [3.8, 4) is 11.5 Å². The van der Waals surface area contributed by atoms with Crippen molar-refractivity contribution in [2.75, 3.05) is 20.2 Å². The topological polar surface area (TPSA) is 61.8 Å². The van der Waals surface area contributed by atoms with E-state index in [0.717, 1.165) is 25.1 Å². The number of methoxy groups -OCH3 is 1. The van der Waals surface area contributed by atoms with Gasteiger partial charge in [0.25, 0.3) is 0 Å². The largest absolute Gasteiger partial charge is 0.504 e. The number of aromatic hydroxyl groups is 1. The van der Waals surface area contributed by atoms with Crippen LogP contribution in [0.25, 0.3) is 0 Å². The molecule has 1 aromatic rings. The lowest BCUT2D eigenvalue weighted by Gasteiger charge is -2.21. The quantitative estimate of drug-likeness (QED) is 0.828. The molecule has 0 saturated carbocycles. The van der Waals surface area contributed by atoms with Gasteiger partial charge in [0, 0.05) is 32.1 Å². The molecule has 1 saturated heterocycles. The molecule has 110 valence electrons. The van der Waals surface area contributed by atoms with Crippen LogP contribution in [0.2, 0.25) is 0 Å². The standard InChI is InChI=1S/C15H22N2O3/c1-11(10-17-7-3-4-15(17)19)16-9-12-5-6-13(18)14(8-12)20-2/h5-6,8,11,16,18H,3-4,7,9-10H2,1-2H3. The van der Waals surface area contributed by atoms with Crippen molar-refractivity contribution < 1.29 is 14.6 Å². The van der Waals surface area contributed by atoms with Crippen LogP contribution < -0.4 is 10.1 Å². The number of nitrogens with one attached hydrogen (secondary N) is 1. The van der Waals surface area contributed by atoms with Crippen LogP contribution >= 0.6 is 0 Å². The number of nitrogens with zero attached hydrogens (tertiary/aromatic N) is 1. The summed E-state index contributed by atoms with van der Waals surface area (Å²) in [5.74, 6) is 0.878. The Morgan fingerprint density at radius 2 is 2.30 bits per heavy atom. The molecule has 1 aromatic carbocycles. The van der Waals surface area contributed by atoms with Crippen molar-refractivity contribution in [2.45, 2.75) is 32.4 Å². The van der Waals surface area contributed by atoms with E-state index in [4.69, 9.17) is 4.74 Å². The lowest BCUT2D eigenvalue weighted by Crippen LogP contribution is -2.39. The van der Waals surface area contributed by atoms with E-state index in [1.807, 2.05) is 17.0 Å². The number of rotatable bonds is 6. The molecular weight excluding hydrogens is 256 g/mol. The van der Waals surface area contributed by atoms with E-state index in [2.05, 4.69) is 12.2 Å². The Bertz CT molecular complexity index is 476. The summed E-state index contributed by atoms with van der Waals surface area (Å²) in [7, 11) is 1.54. The molecule has 5 heteroatoms. The summed E-state index contributed by atoms with van der Waals surface area (Å²) < 4.78 is 5.08. The first kappa shape index (κ1) is 14.7. The van der Waals surface area contributed by atoms with Crippen LogP contribution in [0, 0.1) is 0 Å². The average Bonchev–Trinajstić information content (AvgIpc) is 2.83. The van der Waals surface area contributed by atoms with Gasteiger partial charge >= 0.3 is 0 Å². The molecule has 1 aliphatic heterocycles. The molecule has 1 fully saturated rings. The van der Waals surface area contributed by atoms with Gasteiger partial charge in [-0.05, 0) is 31.0 Å². The highest BCUT2D eigenvalue weighted by atomic mass is 16.5. The smallest absolute Gasteiger partial charge is 0.222 e. The number of hydrogen-bond acceptors (Lipinski definition) is 4. The molecule has 1 unspecified atom stereocenters. The van der Waals surface area contributed by atoms with Gasteiger partial charge < -0.3 is 20.1 Å². The second kappa shape index (κ2) is 6.61. The Kier molecular flexibility index (Phi) is 4.84. The van der Waals surface area contributed by atoms with Gasteiger partial charge in [-0.15, -0.1) is 0 Å². The number of hydrogen-bond donors (Lipinski definition) is 2. The monoisotopic (exact) mass is 278 g/mol. The molecule has 1 heterocycles. The number of phenols is 1. The van der Waals surface area contributed by atoms with E-state index in [0.29, 0.717) is 18.7 Å². The fourth-order valence-electron chi connectivity index (χ4n) is 2.42. The Balaban J connectivity index is 1.83. The third kappa shape index (κ3) is 3.63. The van der Waals surface area contributed by atoms with Crippen LogP contribution in [0.3, 0.4) is 0 Å². The van der Waals surface area contributed by atoms with Crippen LogP contribution in [0.1, 0.15) is 25.3 Å². The number of phenolic OH excluding ortho intramolecular Hbond substituents is 1. The van der Waals surface area contributed by atoms with Crippen LogP contribution in [0.5, 0.6) is 11.5 Å². The normalized spacial score (nSPS) is 16.5. The maximum atomic E-state index is 11.6. The summed E-state index contributed by atoms with van der Waals surface area (Å²) in [6, 6.07) is 5.54. The van der Waals surface area contributed by atoms with Crippen molar-refractivity contribution in [1.29, 1.82) is 0 Å². The molecule has 0 radical (unpaired) electrons. The summed E-state index contributed by atoms with van der Waals surface area (Å²) >= 11 is 0. The number of ether oxygens (including phenoxy) is 1. The zero-order chi connectivity index (χ0) is 14.5. The molecule has 2 rings (SSSR count). The van der Waals surface area contributed by atoms with Gasteiger partial charge in [-0.25, -0.2) is 0 Å². The molecule has 5 nitrogen and oxygen atoms in total. The van der Waals surface area contributed by atoms with Crippen LogP contribution in [-0.2, 0) is 11.3 Å². The number of carbonyl (C=O) groups is 1.